The lowest BCUT2D eigenvalue weighted by Crippen LogP contribution is -2.47. The number of carbonyl (C=O) groups excluding carboxylic acids is 1. The third-order valence-electron chi connectivity index (χ3n) is 3.97. The van der Waals surface area contributed by atoms with E-state index in [0.29, 0.717) is 32.4 Å². The van der Waals surface area contributed by atoms with Crippen LogP contribution in [0.2, 0.25) is 0 Å². The topological polar surface area (TPSA) is 95.4 Å². The van der Waals surface area contributed by atoms with E-state index in [-0.39, 0.29) is 12.0 Å². The monoisotopic (exact) mass is 292 g/mol. The molecule has 1 fully saturated rings. The normalized spacial score (nSPS) is 17.3. The molecule has 2 N–H and O–H groups in total. The number of carbonyl (C=O) groups is 2. The molecule has 0 saturated carbocycles. The number of nitrogens with one attached hydrogen (secondary N) is 1. The lowest BCUT2D eigenvalue weighted by atomic mass is 9.75. The van der Waals surface area contributed by atoms with Gasteiger partial charge in [-0.15, -0.1) is 0 Å². The van der Waals surface area contributed by atoms with Gasteiger partial charge >= 0.3 is 12.0 Å². The number of amides is 2. The van der Waals surface area contributed by atoms with E-state index in [0.717, 1.165) is 6.42 Å². The molecule has 1 aromatic heterocycles. The maximum atomic E-state index is 12.1. The van der Waals surface area contributed by atoms with Gasteiger partial charge in [0, 0.05) is 25.5 Å². The van der Waals surface area contributed by atoms with Crippen LogP contribution in [0.5, 0.6) is 0 Å². The second kappa shape index (κ2) is 6.51. The molecule has 114 valence electrons. The van der Waals surface area contributed by atoms with E-state index in [1.54, 1.807) is 23.4 Å². The molecule has 2 heterocycles. The molecule has 0 unspecified atom stereocenters. The molecule has 7 heteroatoms. The minimum atomic E-state index is -0.754. The van der Waals surface area contributed by atoms with Crippen molar-refractivity contribution in [2.24, 2.45) is 5.41 Å². The smallest absolute Gasteiger partial charge is 0.324 e. The van der Waals surface area contributed by atoms with Crippen molar-refractivity contribution in [1.82, 2.24) is 14.9 Å². The van der Waals surface area contributed by atoms with E-state index in [1.807, 2.05) is 6.92 Å². The summed E-state index contributed by atoms with van der Waals surface area (Å²) in [6, 6.07) is 1.39. The number of piperidine rings is 1. The second-order valence-corrected chi connectivity index (χ2v) is 5.33. The molecule has 1 aliphatic rings. The number of aromatic nitrogens is 2. The molecule has 2 rings (SSSR count). The number of carboxylic acids is 1. The minimum absolute atomic E-state index is 0.256. The average molecular weight is 292 g/mol. The Kier molecular flexibility index (Phi) is 4.72. The number of aliphatic carboxylic acids is 1. The first-order valence-corrected chi connectivity index (χ1v) is 7.14. The van der Waals surface area contributed by atoms with Crippen LogP contribution in [-0.2, 0) is 4.79 Å². The Labute approximate surface area is 123 Å². The summed E-state index contributed by atoms with van der Waals surface area (Å²) in [7, 11) is 0. The zero-order chi connectivity index (χ0) is 15.3. The first-order valence-electron chi connectivity index (χ1n) is 7.14. The summed E-state index contributed by atoms with van der Waals surface area (Å²) in [6.45, 7) is 2.85. The van der Waals surface area contributed by atoms with Crippen LogP contribution < -0.4 is 5.32 Å². The van der Waals surface area contributed by atoms with E-state index in [4.69, 9.17) is 0 Å². The number of nitrogens with zero attached hydrogens (tertiary/aromatic N) is 3. The van der Waals surface area contributed by atoms with Crippen LogP contribution in [0.15, 0.2) is 18.5 Å². The van der Waals surface area contributed by atoms with E-state index in [1.165, 1.54) is 0 Å². The highest BCUT2D eigenvalue weighted by Crippen LogP contribution is 2.36. The fourth-order valence-corrected chi connectivity index (χ4v) is 2.73. The number of hydrogen-bond donors (Lipinski definition) is 2. The first kappa shape index (κ1) is 15.2. The van der Waals surface area contributed by atoms with Crippen LogP contribution in [-0.4, -0.2) is 45.1 Å². The molecule has 0 atom stereocenters. The van der Waals surface area contributed by atoms with Crippen molar-refractivity contribution in [2.75, 3.05) is 18.4 Å². The molecule has 0 aromatic carbocycles. The predicted octanol–water partition coefficient (Wildman–Crippen LogP) is 1.98. The standard InChI is InChI=1S/C14H20N4O3/c1-2-4-14(11(19)20)5-9-18(10-6-14)13(21)17-12-15-7-3-8-16-12/h3,7-8H,2,4-6,9-10H2,1H3,(H,19,20)(H,15,16,17,21). The van der Waals surface area contributed by atoms with Crippen molar-refractivity contribution in [3.05, 3.63) is 18.5 Å². The van der Waals surface area contributed by atoms with Crippen LogP contribution in [0.1, 0.15) is 32.6 Å². The van der Waals surface area contributed by atoms with Crippen molar-refractivity contribution >= 4 is 17.9 Å². The zero-order valence-corrected chi connectivity index (χ0v) is 12.1. The fourth-order valence-electron chi connectivity index (χ4n) is 2.73. The highest BCUT2D eigenvalue weighted by Gasteiger charge is 2.41. The molecular formula is C14H20N4O3. The van der Waals surface area contributed by atoms with Gasteiger partial charge in [0.2, 0.25) is 5.95 Å². The quantitative estimate of drug-likeness (QED) is 0.884. The van der Waals surface area contributed by atoms with Gasteiger partial charge in [-0.1, -0.05) is 13.3 Å². The molecule has 0 aliphatic carbocycles. The Morgan fingerprint density at radius 1 is 1.33 bits per heavy atom. The van der Waals surface area contributed by atoms with E-state index >= 15 is 0 Å². The maximum absolute atomic E-state index is 12.1. The number of likely N-dealkylation sites (tertiary alicyclic amines) is 1. The summed E-state index contributed by atoms with van der Waals surface area (Å²) in [6.07, 6.45) is 5.56. The Morgan fingerprint density at radius 3 is 2.48 bits per heavy atom. The summed E-state index contributed by atoms with van der Waals surface area (Å²) < 4.78 is 0. The predicted molar refractivity (Wildman–Crippen MR) is 76.8 cm³/mol. The number of rotatable bonds is 4. The van der Waals surface area contributed by atoms with Gasteiger partial charge in [0.15, 0.2) is 0 Å². The molecule has 2 amide bonds. The van der Waals surface area contributed by atoms with Crippen molar-refractivity contribution < 1.29 is 14.7 Å². The van der Waals surface area contributed by atoms with Crippen molar-refractivity contribution in [1.29, 1.82) is 0 Å². The molecule has 0 bridgehead atoms. The van der Waals surface area contributed by atoms with Crippen LogP contribution in [0.25, 0.3) is 0 Å². The summed E-state index contributed by atoms with van der Waals surface area (Å²) in [5.41, 5.74) is -0.686. The highest BCUT2D eigenvalue weighted by atomic mass is 16.4. The van der Waals surface area contributed by atoms with Crippen LogP contribution in [0.3, 0.4) is 0 Å². The Bertz CT molecular complexity index is 498. The Morgan fingerprint density at radius 2 is 1.95 bits per heavy atom. The van der Waals surface area contributed by atoms with Gasteiger partial charge < -0.3 is 10.0 Å². The lowest BCUT2D eigenvalue weighted by molar-refractivity contribution is -0.152. The van der Waals surface area contributed by atoms with Gasteiger partial charge in [0.25, 0.3) is 0 Å². The highest BCUT2D eigenvalue weighted by molar-refractivity contribution is 5.87. The van der Waals surface area contributed by atoms with Crippen LogP contribution >= 0.6 is 0 Å². The van der Waals surface area contributed by atoms with Gasteiger partial charge in [-0.05, 0) is 25.3 Å². The van der Waals surface area contributed by atoms with Crippen molar-refractivity contribution in [3.63, 3.8) is 0 Å². The largest absolute Gasteiger partial charge is 0.481 e. The number of urea groups is 1. The average Bonchev–Trinajstić information content (AvgIpc) is 2.49. The molecule has 21 heavy (non-hydrogen) atoms. The third-order valence-corrected chi connectivity index (χ3v) is 3.97. The molecule has 1 aromatic rings. The van der Waals surface area contributed by atoms with Gasteiger partial charge in [-0.2, -0.15) is 0 Å². The zero-order valence-electron chi connectivity index (χ0n) is 12.1. The summed E-state index contributed by atoms with van der Waals surface area (Å²) >= 11 is 0. The van der Waals surface area contributed by atoms with Crippen LogP contribution in [0.4, 0.5) is 10.7 Å². The fraction of sp³-hybridized carbons (Fsp3) is 0.571. The number of anilines is 1. The van der Waals surface area contributed by atoms with E-state index < -0.39 is 11.4 Å². The number of carboxylic acid groups (broad SMARTS) is 1. The van der Waals surface area contributed by atoms with Gasteiger partial charge in [0.05, 0.1) is 5.41 Å². The SMILES string of the molecule is CCCC1(C(=O)O)CCN(C(=O)Nc2ncccn2)CC1. The molecule has 1 saturated heterocycles. The Balaban J connectivity index is 1.94. The third kappa shape index (κ3) is 3.48. The summed E-state index contributed by atoms with van der Waals surface area (Å²) in [4.78, 5) is 33.1. The Hall–Kier alpha value is -2.18. The molecule has 0 spiro atoms. The van der Waals surface area contributed by atoms with Gasteiger partial charge in [-0.3, -0.25) is 10.1 Å². The molecular weight excluding hydrogens is 272 g/mol. The minimum Gasteiger partial charge on any atom is -0.481 e. The first-order chi connectivity index (χ1) is 10.1. The van der Waals surface area contributed by atoms with Gasteiger partial charge in [0.1, 0.15) is 0 Å². The molecule has 7 nitrogen and oxygen atoms in total. The second-order valence-electron chi connectivity index (χ2n) is 5.33. The molecule has 1 aliphatic heterocycles. The lowest BCUT2D eigenvalue weighted by Gasteiger charge is -2.38. The van der Waals surface area contributed by atoms with Crippen molar-refractivity contribution in [3.8, 4) is 0 Å². The van der Waals surface area contributed by atoms with Gasteiger partial charge in [-0.25, -0.2) is 14.8 Å². The summed E-state index contributed by atoms with van der Waals surface area (Å²) in [5, 5.41) is 12.1. The van der Waals surface area contributed by atoms with E-state index in [2.05, 4.69) is 15.3 Å². The number of hydrogen-bond acceptors (Lipinski definition) is 4. The van der Waals surface area contributed by atoms with Crippen molar-refractivity contribution in [2.45, 2.75) is 32.6 Å². The van der Waals surface area contributed by atoms with E-state index in [9.17, 15) is 14.7 Å². The molecule has 0 radical (unpaired) electrons. The summed E-state index contributed by atoms with van der Waals surface area (Å²) in [5.74, 6) is -0.498. The van der Waals surface area contributed by atoms with Crippen LogP contribution in [0, 0.1) is 5.41 Å². The maximum Gasteiger partial charge on any atom is 0.324 e.